The Bertz CT molecular complexity index is 197. The fourth-order valence-electron chi connectivity index (χ4n) is 1.78. The Morgan fingerprint density at radius 1 is 1.31 bits per heavy atom. The monoisotopic (exact) mass is 226 g/mol. The minimum Gasteiger partial charge on any atom is -0.384 e. The summed E-state index contributed by atoms with van der Waals surface area (Å²) in [5, 5.41) is 0. The molecule has 0 saturated heterocycles. The first-order chi connectivity index (χ1) is 7.74. The average Bonchev–Trinajstić information content (AvgIpc) is 2.27. The highest BCUT2D eigenvalue weighted by atomic mass is 16.5. The van der Waals surface area contributed by atoms with Gasteiger partial charge in [0.1, 0.15) is 6.29 Å². The van der Waals surface area contributed by atoms with Crippen LogP contribution in [0.3, 0.4) is 0 Å². The standard InChI is InChI=1S/C14H26O2/c1-4-5-6-7-8-9-14(11-15)10-13(2)12-16-3/h9,11,13H,4-8,10,12H2,1-3H3/b14-9-. The molecule has 0 rings (SSSR count). The zero-order valence-corrected chi connectivity index (χ0v) is 11.0. The van der Waals surface area contributed by atoms with Crippen molar-refractivity contribution >= 4 is 6.29 Å². The van der Waals surface area contributed by atoms with Gasteiger partial charge in [-0.25, -0.2) is 0 Å². The molecule has 0 radical (unpaired) electrons. The molecule has 1 unspecified atom stereocenters. The molecule has 0 N–H and O–H groups in total. The number of methoxy groups -OCH3 is 1. The summed E-state index contributed by atoms with van der Waals surface area (Å²) in [6.07, 6.45) is 9.98. The molecule has 16 heavy (non-hydrogen) atoms. The quantitative estimate of drug-likeness (QED) is 0.322. The number of unbranched alkanes of at least 4 members (excludes halogenated alkanes) is 4. The molecule has 0 bridgehead atoms. The molecule has 0 fully saturated rings. The lowest BCUT2D eigenvalue weighted by molar-refractivity contribution is -0.105. The third-order valence-corrected chi connectivity index (χ3v) is 2.65. The van der Waals surface area contributed by atoms with Crippen LogP contribution in [0.25, 0.3) is 0 Å². The number of ether oxygens (including phenoxy) is 1. The zero-order valence-electron chi connectivity index (χ0n) is 11.0. The summed E-state index contributed by atoms with van der Waals surface area (Å²) in [6.45, 7) is 5.04. The van der Waals surface area contributed by atoms with Gasteiger partial charge in [-0.2, -0.15) is 0 Å². The van der Waals surface area contributed by atoms with Gasteiger partial charge in [0.25, 0.3) is 0 Å². The van der Waals surface area contributed by atoms with Gasteiger partial charge in [0.15, 0.2) is 0 Å². The van der Waals surface area contributed by atoms with Crippen LogP contribution in [0.1, 0.15) is 52.4 Å². The minimum absolute atomic E-state index is 0.428. The Balaban J connectivity index is 3.78. The van der Waals surface area contributed by atoms with Gasteiger partial charge in [-0.3, -0.25) is 4.79 Å². The van der Waals surface area contributed by atoms with Crippen molar-refractivity contribution in [2.24, 2.45) is 5.92 Å². The van der Waals surface area contributed by atoms with Crippen molar-refractivity contribution in [2.45, 2.75) is 52.4 Å². The highest BCUT2D eigenvalue weighted by Gasteiger charge is 2.04. The first kappa shape index (κ1) is 15.4. The number of hydrogen-bond donors (Lipinski definition) is 0. The lowest BCUT2D eigenvalue weighted by Crippen LogP contribution is -2.05. The number of carbonyl (C=O) groups excluding carboxylic acids is 1. The summed E-state index contributed by atoms with van der Waals surface area (Å²) in [5.41, 5.74) is 0.932. The van der Waals surface area contributed by atoms with Crippen molar-refractivity contribution in [3.63, 3.8) is 0 Å². The van der Waals surface area contributed by atoms with Crippen molar-refractivity contribution in [3.05, 3.63) is 11.6 Å². The fourth-order valence-corrected chi connectivity index (χ4v) is 1.78. The molecular weight excluding hydrogens is 200 g/mol. The highest BCUT2D eigenvalue weighted by Crippen LogP contribution is 2.12. The summed E-state index contributed by atoms with van der Waals surface area (Å²) >= 11 is 0. The molecule has 0 aromatic carbocycles. The van der Waals surface area contributed by atoms with Crippen LogP contribution >= 0.6 is 0 Å². The highest BCUT2D eigenvalue weighted by molar-refractivity contribution is 5.73. The molecule has 0 amide bonds. The first-order valence-electron chi connectivity index (χ1n) is 6.37. The van der Waals surface area contributed by atoms with E-state index in [2.05, 4.69) is 19.9 Å². The molecule has 0 heterocycles. The first-order valence-corrected chi connectivity index (χ1v) is 6.37. The van der Waals surface area contributed by atoms with E-state index in [1.54, 1.807) is 7.11 Å². The smallest absolute Gasteiger partial charge is 0.145 e. The molecule has 0 aliphatic heterocycles. The van der Waals surface area contributed by atoms with Crippen LogP contribution in [0, 0.1) is 5.92 Å². The van der Waals surface area contributed by atoms with E-state index in [4.69, 9.17) is 4.74 Å². The van der Waals surface area contributed by atoms with Crippen LogP contribution in [-0.2, 0) is 9.53 Å². The Labute approximate surface area is 100 Å². The summed E-state index contributed by atoms with van der Waals surface area (Å²) in [7, 11) is 1.70. The molecular formula is C14H26O2. The average molecular weight is 226 g/mol. The maximum atomic E-state index is 10.9. The third kappa shape index (κ3) is 8.66. The molecule has 0 spiro atoms. The van der Waals surface area contributed by atoms with Gasteiger partial charge < -0.3 is 4.74 Å². The van der Waals surface area contributed by atoms with Crippen molar-refractivity contribution in [1.29, 1.82) is 0 Å². The van der Waals surface area contributed by atoms with E-state index in [-0.39, 0.29) is 0 Å². The second-order valence-electron chi connectivity index (χ2n) is 4.51. The van der Waals surface area contributed by atoms with Crippen molar-refractivity contribution in [2.75, 3.05) is 13.7 Å². The Morgan fingerprint density at radius 3 is 2.62 bits per heavy atom. The van der Waals surface area contributed by atoms with E-state index in [9.17, 15) is 4.79 Å². The van der Waals surface area contributed by atoms with Gasteiger partial charge in [-0.15, -0.1) is 0 Å². The minimum atomic E-state index is 0.428. The van der Waals surface area contributed by atoms with Crippen molar-refractivity contribution < 1.29 is 9.53 Å². The molecule has 0 aliphatic carbocycles. The maximum absolute atomic E-state index is 10.9. The van der Waals surface area contributed by atoms with Gasteiger partial charge in [0.2, 0.25) is 0 Å². The molecule has 0 saturated carbocycles. The van der Waals surface area contributed by atoms with Gasteiger partial charge >= 0.3 is 0 Å². The molecule has 0 aliphatic rings. The second kappa shape index (κ2) is 10.9. The predicted octanol–water partition coefficient (Wildman–Crippen LogP) is 3.75. The molecule has 94 valence electrons. The van der Waals surface area contributed by atoms with Gasteiger partial charge in [-0.1, -0.05) is 39.2 Å². The summed E-state index contributed by atoms with van der Waals surface area (Å²) in [4.78, 5) is 10.9. The summed E-state index contributed by atoms with van der Waals surface area (Å²) < 4.78 is 5.06. The molecule has 0 aromatic heterocycles. The summed E-state index contributed by atoms with van der Waals surface area (Å²) in [5.74, 6) is 0.428. The van der Waals surface area contributed by atoms with E-state index in [1.165, 1.54) is 25.7 Å². The van der Waals surface area contributed by atoms with E-state index in [1.807, 2.05) is 0 Å². The largest absolute Gasteiger partial charge is 0.384 e. The third-order valence-electron chi connectivity index (χ3n) is 2.65. The molecule has 2 nitrogen and oxygen atoms in total. The number of hydrogen-bond acceptors (Lipinski definition) is 2. The van der Waals surface area contributed by atoms with Gasteiger partial charge in [0, 0.05) is 13.7 Å². The Kier molecular flexibility index (Phi) is 10.4. The lowest BCUT2D eigenvalue weighted by atomic mass is 10.0. The number of aldehydes is 1. The van der Waals surface area contributed by atoms with Gasteiger partial charge in [-0.05, 0) is 30.8 Å². The van der Waals surface area contributed by atoms with Crippen LogP contribution in [0.2, 0.25) is 0 Å². The SMILES string of the molecule is CCCCCC/C=C(\C=O)CC(C)COC. The van der Waals surface area contributed by atoms with Crippen LogP contribution < -0.4 is 0 Å². The molecule has 0 aromatic rings. The summed E-state index contributed by atoms with van der Waals surface area (Å²) in [6, 6.07) is 0. The Morgan fingerprint density at radius 2 is 2.06 bits per heavy atom. The maximum Gasteiger partial charge on any atom is 0.145 e. The topological polar surface area (TPSA) is 26.3 Å². The fraction of sp³-hybridized carbons (Fsp3) is 0.786. The van der Waals surface area contributed by atoms with Gasteiger partial charge in [0.05, 0.1) is 0 Å². The molecule has 2 heteroatoms. The number of rotatable bonds is 10. The van der Waals surface area contributed by atoms with Crippen LogP contribution in [-0.4, -0.2) is 20.0 Å². The van der Waals surface area contributed by atoms with Crippen molar-refractivity contribution in [1.82, 2.24) is 0 Å². The van der Waals surface area contributed by atoms with E-state index >= 15 is 0 Å². The van der Waals surface area contributed by atoms with Crippen LogP contribution in [0.4, 0.5) is 0 Å². The van der Waals surface area contributed by atoms with E-state index in [0.29, 0.717) is 5.92 Å². The van der Waals surface area contributed by atoms with Crippen LogP contribution in [0.15, 0.2) is 11.6 Å². The molecule has 1 atom stereocenters. The van der Waals surface area contributed by atoms with Crippen LogP contribution in [0.5, 0.6) is 0 Å². The Hall–Kier alpha value is -0.630. The van der Waals surface area contributed by atoms with E-state index in [0.717, 1.165) is 31.3 Å². The van der Waals surface area contributed by atoms with E-state index < -0.39 is 0 Å². The number of allylic oxidation sites excluding steroid dienone is 2. The van der Waals surface area contributed by atoms with Crippen molar-refractivity contribution in [3.8, 4) is 0 Å². The number of carbonyl (C=O) groups is 1. The predicted molar refractivity (Wildman–Crippen MR) is 68.6 cm³/mol. The second-order valence-corrected chi connectivity index (χ2v) is 4.51. The zero-order chi connectivity index (χ0) is 12.2. The normalized spacial score (nSPS) is 13.8. The lowest BCUT2D eigenvalue weighted by Gasteiger charge is -2.09.